The van der Waals surface area contributed by atoms with Gasteiger partial charge in [0, 0.05) is 0 Å². The van der Waals surface area contributed by atoms with Crippen molar-refractivity contribution >= 4 is 17.8 Å². The molecule has 0 radical (unpaired) electrons. The molecule has 0 bridgehead atoms. The van der Waals surface area contributed by atoms with Crippen molar-refractivity contribution in [3.05, 3.63) is 0 Å². The number of carbonyl (C=O) groups is 3. The number of aliphatic carboxylic acids is 1. The fraction of sp³-hybridized carbons (Fsp3) is 0.500. The van der Waals surface area contributed by atoms with Crippen LogP contribution in [0, 0.1) is 0 Å². The second kappa shape index (κ2) is 5.11. The van der Waals surface area contributed by atoms with E-state index in [2.05, 4.69) is 4.74 Å². The zero-order chi connectivity index (χ0) is 9.56. The summed E-state index contributed by atoms with van der Waals surface area (Å²) in [5.41, 5.74) is 0. The Labute approximate surface area is 68.5 Å². The van der Waals surface area contributed by atoms with E-state index in [9.17, 15) is 14.4 Å². The van der Waals surface area contributed by atoms with Gasteiger partial charge < -0.3 is 15.2 Å². The molecule has 0 aromatic heterocycles. The van der Waals surface area contributed by atoms with Crippen LogP contribution in [-0.2, 0) is 19.1 Å². The van der Waals surface area contributed by atoms with Crippen molar-refractivity contribution in [2.24, 2.45) is 0 Å². The Bertz CT molecular complexity index is 200. The molecule has 0 spiro atoms. The summed E-state index contributed by atoms with van der Waals surface area (Å²) in [7, 11) is 0. The van der Waals surface area contributed by atoms with E-state index in [-0.39, 0.29) is 6.61 Å². The van der Waals surface area contributed by atoms with Crippen molar-refractivity contribution in [2.45, 2.75) is 6.92 Å². The Kier molecular flexibility index (Phi) is 4.43. The third kappa shape index (κ3) is 4.26. The van der Waals surface area contributed by atoms with Gasteiger partial charge in [-0.3, -0.25) is 9.59 Å². The highest BCUT2D eigenvalue weighted by atomic mass is 16.5. The van der Waals surface area contributed by atoms with Gasteiger partial charge in [-0.1, -0.05) is 0 Å². The van der Waals surface area contributed by atoms with Crippen LogP contribution < -0.4 is 5.32 Å². The van der Waals surface area contributed by atoms with Crippen molar-refractivity contribution in [1.29, 1.82) is 0 Å². The fourth-order valence-corrected chi connectivity index (χ4v) is 0.440. The maximum absolute atomic E-state index is 10.5. The molecule has 0 aliphatic rings. The van der Waals surface area contributed by atoms with Crippen LogP contribution in [-0.4, -0.2) is 36.1 Å². The topological polar surface area (TPSA) is 92.7 Å². The zero-order valence-corrected chi connectivity index (χ0v) is 6.49. The molecule has 0 unspecified atom stereocenters. The molecule has 0 fully saturated rings. The monoisotopic (exact) mass is 175 g/mol. The van der Waals surface area contributed by atoms with Crippen LogP contribution in [0.2, 0.25) is 0 Å². The molecule has 0 atom stereocenters. The molecule has 6 heteroatoms. The molecular weight excluding hydrogens is 166 g/mol. The number of amides is 1. The van der Waals surface area contributed by atoms with Crippen molar-refractivity contribution in [1.82, 2.24) is 5.32 Å². The second-order valence-electron chi connectivity index (χ2n) is 1.79. The zero-order valence-electron chi connectivity index (χ0n) is 6.49. The van der Waals surface area contributed by atoms with Crippen molar-refractivity contribution in [3.8, 4) is 0 Å². The molecule has 0 saturated carbocycles. The summed E-state index contributed by atoms with van der Waals surface area (Å²) in [6, 6.07) is 0. The highest BCUT2D eigenvalue weighted by Crippen LogP contribution is 1.75. The Morgan fingerprint density at radius 3 is 2.42 bits per heavy atom. The minimum atomic E-state index is -1.63. The lowest BCUT2D eigenvalue weighted by Crippen LogP contribution is -2.35. The first kappa shape index (κ1) is 10.4. The number of carbonyl (C=O) groups excluding carboxylic acids is 2. The Morgan fingerprint density at radius 1 is 1.42 bits per heavy atom. The average Bonchev–Trinajstić information content (AvgIpc) is 2.00. The first-order valence-corrected chi connectivity index (χ1v) is 3.24. The Morgan fingerprint density at radius 2 is 2.00 bits per heavy atom. The van der Waals surface area contributed by atoms with Gasteiger partial charge in [0.25, 0.3) is 0 Å². The number of hydrogen-bond acceptors (Lipinski definition) is 4. The summed E-state index contributed by atoms with van der Waals surface area (Å²) < 4.78 is 4.43. The third-order valence-corrected chi connectivity index (χ3v) is 0.893. The van der Waals surface area contributed by atoms with Gasteiger partial charge in [0.1, 0.15) is 6.54 Å². The molecule has 0 aliphatic carbocycles. The molecule has 6 nitrogen and oxygen atoms in total. The fourth-order valence-electron chi connectivity index (χ4n) is 0.440. The summed E-state index contributed by atoms with van der Waals surface area (Å²) in [6.45, 7) is 1.39. The summed E-state index contributed by atoms with van der Waals surface area (Å²) in [4.78, 5) is 30.8. The first-order valence-electron chi connectivity index (χ1n) is 3.24. The number of nitrogens with one attached hydrogen (secondary N) is 1. The molecule has 0 aromatic rings. The molecule has 0 rings (SSSR count). The Balaban J connectivity index is 3.61. The molecule has 1 amide bonds. The number of carboxylic acid groups (broad SMARTS) is 1. The predicted molar refractivity (Wildman–Crippen MR) is 37.3 cm³/mol. The number of carboxylic acids is 1. The lowest BCUT2D eigenvalue weighted by molar-refractivity contribution is -0.151. The molecule has 0 aromatic carbocycles. The molecule has 2 N–H and O–H groups in total. The minimum Gasteiger partial charge on any atom is -0.474 e. The van der Waals surface area contributed by atoms with E-state index in [0.29, 0.717) is 0 Å². The quantitative estimate of drug-likeness (QED) is 0.413. The van der Waals surface area contributed by atoms with E-state index in [0.717, 1.165) is 0 Å². The van der Waals surface area contributed by atoms with Crippen LogP contribution in [0.15, 0.2) is 0 Å². The van der Waals surface area contributed by atoms with Crippen LogP contribution in [0.25, 0.3) is 0 Å². The van der Waals surface area contributed by atoms with Crippen LogP contribution >= 0.6 is 0 Å². The minimum absolute atomic E-state index is 0.196. The highest BCUT2D eigenvalue weighted by molar-refractivity contribution is 6.31. The normalized spacial score (nSPS) is 8.75. The summed E-state index contributed by atoms with van der Waals surface area (Å²) in [6.07, 6.45) is 0. The van der Waals surface area contributed by atoms with E-state index in [1.807, 2.05) is 5.32 Å². The van der Waals surface area contributed by atoms with Gasteiger partial charge in [-0.2, -0.15) is 0 Å². The predicted octanol–water partition coefficient (Wildman–Crippen LogP) is -1.25. The van der Waals surface area contributed by atoms with Crippen LogP contribution in [0.5, 0.6) is 0 Å². The smallest absolute Gasteiger partial charge is 0.394 e. The summed E-state index contributed by atoms with van der Waals surface area (Å²) in [5.74, 6) is -3.51. The van der Waals surface area contributed by atoms with E-state index >= 15 is 0 Å². The van der Waals surface area contributed by atoms with Gasteiger partial charge in [0.2, 0.25) is 0 Å². The first-order chi connectivity index (χ1) is 5.57. The number of esters is 1. The van der Waals surface area contributed by atoms with E-state index in [4.69, 9.17) is 5.11 Å². The number of hydrogen-bond donors (Lipinski definition) is 2. The lowest BCUT2D eigenvalue weighted by Gasteiger charge is -2.00. The summed E-state index contributed by atoms with van der Waals surface area (Å²) >= 11 is 0. The molecule has 0 heterocycles. The van der Waals surface area contributed by atoms with Gasteiger partial charge >= 0.3 is 17.8 Å². The third-order valence-electron chi connectivity index (χ3n) is 0.893. The van der Waals surface area contributed by atoms with Crippen molar-refractivity contribution in [2.75, 3.05) is 13.2 Å². The molecule has 0 saturated heterocycles. The number of ether oxygens (including phenoxy) is 1. The molecule has 12 heavy (non-hydrogen) atoms. The SMILES string of the molecule is CCOC(=O)CNC(=O)C(=O)O. The standard InChI is InChI=1S/C6H9NO5/c1-2-12-4(8)3-7-5(9)6(10)11/h2-3H2,1H3,(H,7,9)(H,10,11). The van der Waals surface area contributed by atoms with Crippen molar-refractivity contribution in [3.63, 3.8) is 0 Å². The molecule has 68 valence electrons. The van der Waals surface area contributed by atoms with E-state index in [1.165, 1.54) is 0 Å². The van der Waals surface area contributed by atoms with Gasteiger partial charge in [-0.25, -0.2) is 4.79 Å². The number of rotatable bonds is 3. The van der Waals surface area contributed by atoms with Gasteiger partial charge in [-0.05, 0) is 6.92 Å². The van der Waals surface area contributed by atoms with Gasteiger partial charge in [0.05, 0.1) is 6.61 Å². The molecular formula is C6H9NO5. The largest absolute Gasteiger partial charge is 0.474 e. The van der Waals surface area contributed by atoms with Crippen LogP contribution in [0.4, 0.5) is 0 Å². The lowest BCUT2D eigenvalue weighted by atomic mass is 10.5. The maximum Gasteiger partial charge on any atom is 0.394 e. The highest BCUT2D eigenvalue weighted by Gasteiger charge is 2.11. The van der Waals surface area contributed by atoms with Gasteiger partial charge in [0.15, 0.2) is 0 Å². The summed E-state index contributed by atoms with van der Waals surface area (Å²) in [5, 5.41) is 9.91. The van der Waals surface area contributed by atoms with Gasteiger partial charge in [-0.15, -0.1) is 0 Å². The molecule has 0 aliphatic heterocycles. The maximum atomic E-state index is 10.5. The van der Waals surface area contributed by atoms with E-state index < -0.39 is 24.4 Å². The average molecular weight is 175 g/mol. The van der Waals surface area contributed by atoms with Crippen molar-refractivity contribution < 1.29 is 24.2 Å². The Hall–Kier alpha value is -1.59. The van der Waals surface area contributed by atoms with Crippen LogP contribution in [0.3, 0.4) is 0 Å². The van der Waals surface area contributed by atoms with Crippen LogP contribution in [0.1, 0.15) is 6.92 Å². The second-order valence-corrected chi connectivity index (χ2v) is 1.79. The van der Waals surface area contributed by atoms with E-state index in [1.54, 1.807) is 6.92 Å².